The Balaban J connectivity index is 2.07. The van der Waals surface area contributed by atoms with Crippen molar-refractivity contribution in [2.45, 2.75) is 107 Å². The number of hydrogen-bond donors (Lipinski definition) is 0. The Hall–Kier alpha value is 0.428. The summed E-state index contributed by atoms with van der Waals surface area (Å²) >= 11 is 5.44. The van der Waals surface area contributed by atoms with E-state index in [0.29, 0.717) is 0 Å². The molecule has 1 unspecified atom stereocenters. The van der Waals surface area contributed by atoms with E-state index in [2.05, 4.69) is 119 Å². The summed E-state index contributed by atoms with van der Waals surface area (Å²) in [5.74, 6) is 0. The molecule has 2 aromatic rings. The van der Waals surface area contributed by atoms with Crippen LogP contribution < -0.4 is 0 Å². The van der Waals surface area contributed by atoms with Crippen LogP contribution in [0.3, 0.4) is 0 Å². The predicted molar refractivity (Wildman–Crippen MR) is 165 cm³/mol. The molecule has 0 nitrogen and oxygen atoms in total. The maximum absolute atomic E-state index is 3.88. The van der Waals surface area contributed by atoms with Gasteiger partial charge in [-0.25, -0.2) is 0 Å². The fourth-order valence-electron chi connectivity index (χ4n) is 4.06. The fraction of sp³-hybridized carbons (Fsp3) is 0.613. The number of benzene rings is 2. The molecule has 0 N–H and O–H groups in total. The quantitative estimate of drug-likeness (QED) is 0.112. The summed E-state index contributed by atoms with van der Waals surface area (Å²) in [5, 5.41) is 1.48. The van der Waals surface area contributed by atoms with Crippen molar-refractivity contribution in [2.24, 2.45) is 0 Å². The summed E-state index contributed by atoms with van der Waals surface area (Å²) in [7, 11) is 0. The van der Waals surface area contributed by atoms with E-state index < -0.39 is 4.20 Å². The molecule has 4 heteroatoms. The van der Waals surface area contributed by atoms with E-state index >= 15 is 0 Å². The Bertz CT molecular complexity index is 852. The molecule has 0 heterocycles. The molecular weight excluding hydrogens is 640 g/mol. The van der Waals surface area contributed by atoms with Crippen molar-refractivity contribution in [1.29, 1.82) is 0 Å². The van der Waals surface area contributed by atoms with E-state index in [-0.39, 0.29) is 10.8 Å². The summed E-state index contributed by atoms with van der Waals surface area (Å²) in [5.41, 5.74) is 6.38. The van der Waals surface area contributed by atoms with Gasteiger partial charge in [-0.2, -0.15) is 0 Å². The van der Waals surface area contributed by atoms with Crippen molar-refractivity contribution in [3.8, 4) is 0 Å². The van der Waals surface area contributed by atoms with Gasteiger partial charge in [0.15, 0.2) is 0 Å². The minimum atomic E-state index is -1.05. The molecule has 0 bridgehead atoms. The van der Waals surface area contributed by atoms with Gasteiger partial charge in [0.2, 0.25) is 0 Å². The molecule has 0 fully saturated rings. The third-order valence-corrected chi connectivity index (χ3v) is 27.1. The Labute approximate surface area is 237 Å². The van der Waals surface area contributed by atoms with Gasteiger partial charge in [-0.3, -0.25) is 0 Å². The second kappa shape index (κ2) is 14.5. The van der Waals surface area contributed by atoms with Crippen LogP contribution in [0.25, 0.3) is 0 Å². The number of hydrogen-bond acceptors (Lipinski definition) is 0. The van der Waals surface area contributed by atoms with Crippen LogP contribution >= 0.6 is 4.20 Å². The third-order valence-electron chi connectivity index (χ3n) is 6.56. The van der Waals surface area contributed by atoms with Crippen molar-refractivity contribution in [3.63, 3.8) is 0 Å². The van der Waals surface area contributed by atoms with E-state index in [9.17, 15) is 0 Å². The molecule has 0 radical (unpaired) electrons. The molecule has 196 valence electrons. The standard InChI is InChI=1S/C31H49PSe3/c1-9-10-11-24-34-25(2)35-32(33,22-20-26-12-16-28(17-13-26)30(3,4)5)23-21-27-14-18-29(19-15-27)31(6,7)8/h12-19,25H,9-11,20-24H2,1-8H3. The molecule has 0 aromatic heterocycles. The summed E-state index contributed by atoms with van der Waals surface area (Å²) in [6.07, 6.45) is 9.40. The van der Waals surface area contributed by atoms with Crippen LogP contribution in [0.2, 0.25) is 9.03 Å². The molecule has 0 aliphatic heterocycles. The Morgan fingerprint density at radius 2 is 1.17 bits per heavy atom. The van der Waals surface area contributed by atoms with Crippen molar-refractivity contribution in [2.75, 3.05) is 12.3 Å². The predicted octanol–water partition coefficient (Wildman–Crippen LogP) is 8.87. The number of rotatable bonds is 13. The van der Waals surface area contributed by atoms with Crippen molar-refractivity contribution in [3.05, 3.63) is 70.8 Å². The zero-order valence-electron chi connectivity index (χ0n) is 23.5. The molecular formula is C31H49PSe3. The normalized spacial score (nSPS) is 13.7. The van der Waals surface area contributed by atoms with Gasteiger partial charge >= 0.3 is 239 Å². The molecule has 0 spiro atoms. The van der Waals surface area contributed by atoms with Crippen LogP contribution in [0.5, 0.6) is 0 Å². The van der Waals surface area contributed by atoms with Gasteiger partial charge in [-0.15, -0.1) is 0 Å². The zero-order valence-corrected chi connectivity index (χ0v) is 29.6. The van der Waals surface area contributed by atoms with Gasteiger partial charge in [0.1, 0.15) is 0 Å². The van der Waals surface area contributed by atoms with Crippen LogP contribution in [0, 0.1) is 0 Å². The Morgan fingerprint density at radius 3 is 1.54 bits per heavy atom. The average Bonchev–Trinajstić information content (AvgIpc) is 2.79. The molecule has 2 rings (SSSR count). The van der Waals surface area contributed by atoms with E-state index in [1.807, 2.05) is 0 Å². The zero-order chi connectivity index (χ0) is 26.1. The first-order valence-corrected chi connectivity index (χ1v) is 23.2. The maximum atomic E-state index is 3.88. The van der Waals surface area contributed by atoms with Gasteiger partial charge in [0, 0.05) is 0 Å². The molecule has 0 saturated heterocycles. The van der Waals surface area contributed by atoms with Gasteiger partial charge < -0.3 is 0 Å². The molecule has 0 aliphatic rings. The van der Waals surface area contributed by atoms with Crippen LogP contribution in [-0.2, 0) is 23.7 Å². The van der Waals surface area contributed by atoms with Gasteiger partial charge in [0.05, 0.1) is 0 Å². The molecule has 35 heavy (non-hydrogen) atoms. The fourth-order valence-corrected chi connectivity index (χ4v) is 32.1. The van der Waals surface area contributed by atoms with Crippen LogP contribution in [0.15, 0.2) is 48.5 Å². The van der Waals surface area contributed by atoms with E-state index in [1.165, 1.54) is 72.0 Å². The number of unbranched alkanes of at least 4 members (excludes halogenated alkanes) is 2. The molecule has 2 aromatic carbocycles. The topological polar surface area (TPSA) is 0 Å². The van der Waals surface area contributed by atoms with Gasteiger partial charge in [-0.1, -0.05) is 0 Å². The molecule has 1 atom stereocenters. The minimum absolute atomic E-state index is 0.231. The molecule has 0 saturated carbocycles. The third kappa shape index (κ3) is 11.8. The first kappa shape index (κ1) is 31.6. The van der Waals surface area contributed by atoms with E-state index in [1.54, 1.807) is 0 Å². The summed E-state index contributed by atoms with van der Waals surface area (Å²) in [6, 6.07) is 19.0. The summed E-state index contributed by atoms with van der Waals surface area (Å²) in [4.78, 5) is 0. The monoisotopic (exact) mass is 692 g/mol. The molecule has 0 amide bonds. The first-order chi connectivity index (χ1) is 16.3. The van der Waals surface area contributed by atoms with Crippen LogP contribution in [-0.4, -0.2) is 56.9 Å². The Morgan fingerprint density at radius 1 is 0.743 bits per heavy atom. The second-order valence-electron chi connectivity index (χ2n) is 11.9. The average molecular weight is 690 g/mol. The first-order valence-electron chi connectivity index (χ1n) is 13.4. The van der Waals surface area contributed by atoms with Crippen molar-refractivity contribution >= 4 is 48.8 Å². The second-order valence-corrected chi connectivity index (χ2v) is 34.3. The Kier molecular flexibility index (Phi) is 13.2. The summed E-state index contributed by atoms with van der Waals surface area (Å²) < 4.78 is -0.0958. The molecule has 0 aliphatic carbocycles. The van der Waals surface area contributed by atoms with E-state index in [0.717, 1.165) is 33.2 Å². The van der Waals surface area contributed by atoms with Gasteiger partial charge in [0.25, 0.3) is 0 Å². The van der Waals surface area contributed by atoms with Crippen molar-refractivity contribution < 1.29 is 0 Å². The summed E-state index contributed by atoms with van der Waals surface area (Å²) in [6.45, 7) is 18.7. The van der Waals surface area contributed by atoms with Gasteiger partial charge in [-0.05, 0) is 0 Å². The van der Waals surface area contributed by atoms with Crippen LogP contribution in [0.1, 0.15) is 96.9 Å². The van der Waals surface area contributed by atoms with Crippen LogP contribution in [0.4, 0.5) is 0 Å². The van der Waals surface area contributed by atoms with Crippen molar-refractivity contribution in [1.82, 2.24) is 0 Å². The number of aryl methyl sites for hydroxylation is 2. The van der Waals surface area contributed by atoms with E-state index in [4.69, 9.17) is 0 Å². The SMILES string of the molecule is CCCCC[Se]C(C)[Se]P(=[Se])(CCc1ccc(C(C)(C)C)cc1)CCc1ccc(C(C)(C)C)cc1.